The molecular formula is C11H9BrFNO3. The van der Waals surface area contributed by atoms with E-state index in [1.165, 1.54) is 12.1 Å². The number of benzene rings is 1. The topological polar surface area (TPSA) is 57.6 Å². The van der Waals surface area contributed by atoms with E-state index in [0.29, 0.717) is 4.47 Å². The summed E-state index contributed by atoms with van der Waals surface area (Å²) in [4.78, 5) is 23.6. The van der Waals surface area contributed by atoms with Crippen molar-refractivity contribution in [3.05, 3.63) is 28.5 Å². The average molecular weight is 302 g/mol. The summed E-state index contributed by atoms with van der Waals surface area (Å²) >= 11 is 3.10. The Morgan fingerprint density at radius 3 is 2.82 bits per heavy atom. The molecule has 1 amide bonds. The van der Waals surface area contributed by atoms with E-state index in [9.17, 15) is 14.0 Å². The Kier molecular flexibility index (Phi) is 3.15. The molecule has 1 aromatic rings. The van der Waals surface area contributed by atoms with E-state index in [0.717, 1.165) is 4.90 Å². The molecule has 0 aromatic heterocycles. The number of halogens is 2. The lowest BCUT2D eigenvalue weighted by molar-refractivity contribution is -0.138. The van der Waals surface area contributed by atoms with E-state index in [-0.39, 0.29) is 24.4 Å². The Balaban J connectivity index is 2.43. The van der Waals surface area contributed by atoms with E-state index in [1.54, 1.807) is 6.07 Å². The second-order valence-corrected chi connectivity index (χ2v) is 4.67. The van der Waals surface area contributed by atoms with Crippen LogP contribution in [-0.2, 0) is 9.59 Å². The number of hydrogen-bond acceptors (Lipinski definition) is 2. The lowest BCUT2D eigenvalue weighted by atomic mass is 10.2. The van der Waals surface area contributed by atoms with Crippen LogP contribution in [0.25, 0.3) is 0 Å². The van der Waals surface area contributed by atoms with Crippen LogP contribution in [0, 0.1) is 5.82 Å². The first-order valence-corrected chi connectivity index (χ1v) is 5.80. The number of rotatable bonds is 2. The van der Waals surface area contributed by atoms with Gasteiger partial charge in [0.2, 0.25) is 5.91 Å². The monoisotopic (exact) mass is 301 g/mol. The molecule has 17 heavy (non-hydrogen) atoms. The van der Waals surface area contributed by atoms with Crippen LogP contribution in [0.2, 0.25) is 0 Å². The minimum absolute atomic E-state index is 0.0168. The molecule has 1 aliphatic heterocycles. The smallest absolute Gasteiger partial charge is 0.326 e. The SMILES string of the molecule is O=C(O)[C@@H]1CCC(=O)N1c1ccc(Br)cc1F. The van der Waals surface area contributed by atoms with Crippen molar-refractivity contribution in [3.63, 3.8) is 0 Å². The Hall–Kier alpha value is -1.43. The molecule has 6 heteroatoms. The highest BCUT2D eigenvalue weighted by molar-refractivity contribution is 9.10. The molecule has 4 nitrogen and oxygen atoms in total. The number of nitrogens with zero attached hydrogens (tertiary/aromatic N) is 1. The number of carbonyl (C=O) groups is 2. The van der Waals surface area contributed by atoms with E-state index in [2.05, 4.69) is 15.9 Å². The standard InChI is InChI=1S/C11H9BrFNO3/c12-6-1-2-8(7(13)5-6)14-9(11(16)17)3-4-10(14)15/h1-2,5,9H,3-4H2,(H,16,17)/t9-/m0/s1. The van der Waals surface area contributed by atoms with Crippen molar-refractivity contribution in [3.8, 4) is 0 Å². The van der Waals surface area contributed by atoms with Crippen LogP contribution in [0.4, 0.5) is 10.1 Å². The van der Waals surface area contributed by atoms with Gasteiger partial charge in [-0.25, -0.2) is 9.18 Å². The second-order valence-electron chi connectivity index (χ2n) is 3.75. The molecule has 0 aliphatic carbocycles. The highest BCUT2D eigenvalue weighted by atomic mass is 79.9. The van der Waals surface area contributed by atoms with Crippen LogP contribution in [0.5, 0.6) is 0 Å². The largest absolute Gasteiger partial charge is 0.480 e. The van der Waals surface area contributed by atoms with Crippen molar-refractivity contribution in [2.24, 2.45) is 0 Å². The van der Waals surface area contributed by atoms with E-state index < -0.39 is 17.8 Å². The van der Waals surface area contributed by atoms with Gasteiger partial charge in [-0.15, -0.1) is 0 Å². The number of carboxylic acid groups (broad SMARTS) is 1. The molecule has 90 valence electrons. The Bertz CT molecular complexity index is 492. The first-order valence-electron chi connectivity index (χ1n) is 5.00. The minimum atomic E-state index is -1.11. The predicted octanol–water partition coefficient (Wildman–Crippen LogP) is 2.17. The van der Waals surface area contributed by atoms with Gasteiger partial charge in [0, 0.05) is 10.9 Å². The van der Waals surface area contributed by atoms with Crippen LogP contribution in [0.3, 0.4) is 0 Å². The summed E-state index contributed by atoms with van der Waals surface area (Å²) in [5.74, 6) is -2.09. The Morgan fingerprint density at radius 2 is 2.24 bits per heavy atom. The van der Waals surface area contributed by atoms with Gasteiger partial charge in [0.05, 0.1) is 5.69 Å². The molecular weight excluding hydrogens is 293 g/mol. The zero-order valence-corrected chi connectivity index (χ0v) is 10.3. The number of aliphatic carboxylic acids is 1. The molecule has 0 bridgehead atoms. The molecule has 1 aromatic carbocycles. The molecule has 0 unspecified atom stereocenters. The van der Waals surface area contributed by atoms with Gasteiger partial charge in [0.15, 0.2) is 0 Å². The lowest BCUT2D eigenvalue weighted by Gasteiger charge is -2.22. The summed E-state index contributed by atoms with van der Waals surface area (Å²) < 4.78 is 14.2. The van der Waals surface area contributed by atoms with Crippen molar-refractivity contribution in [2.75, 3.05) is 4.90 Å². The zero-order chi connectivity index (χ0) is 12.6. The molecule has 1 aliphatic rings. The maximum Gasteiger partial charge on any atom is 0.326 e. The highest BCUT2D eigenvalue weighted by Crippen LogP contribution is 2.30. The van der Waals surface area contributed by atoms with Crippen LogP contribution >= 0.6 is 15.9 Å². The fourth-order valence-electron chi connectivity index (χ4n) is 1.90. The molecule has 1 atom stereocenters. The molecule has 1 fully saturated rings. The fraction of sp³-hybridized carbons (Fsp3) is 0.273. The molecule has 0 radical (unpaired) electrons. The van der Waals surface area contributed by atoms with E-state index in [4.69, 9.17) is 5.11 Å². The van der Waals surface area contributed by atoms with Crippen LogP contribution in [-0.4, -0.2) is 23.0 Å². The van der Waals surface area contributed by atoms with Gasteiger partial charge in [0.1, 0.15) is 11.9 Å². The number of amides is 1. The predicted molar refractivity (Wildman–Crippen MR) is 62.2 cm³/mol. The molecule has 0 saturated carbocycles. The van der Waals surface area contributed by atoms with Gasteiger partial charge >= 0.3 is 5.97 Å². The molecule has 0 spiro atoms. The van der Waals surface area contributed by atoms with Gasteiger partial charge < -0.3 is 5.11 Å². The van der Waals surface area contributed by atoms with Gasteiger partial charge in [-0.2, -0.15) is 0 Å². The van der Waals surface area contributed by atoms with Crippen molar-refractivity contribution < 1.29 is 19.1 Å². The number of anilines is 1. The summed E-state index contributed by atoms with van der Waals surface area (Å²) in [5.41, 5.74) is 0.0168. The van der Waals surface area contributed by atoms with Gasteiger partial charge in [-0.05, 0) is 24.6 Å². The Morgan fingerprint density at radius 1 is 1.53 bits per heavy atom. The normalized spacial score (nSPS) is 19.8. The average Bonchev–Trinajstić information content (AvgIpc) is 2.60. The summed E-state index contributed by atoms with van der Waals surface area (Å²) in [6.45, 7) is 0. The van der Waals surface area contributed by atoms with Crippen molar-refractivity contribution in [1.82, 2.24) is 0 Å². The van der Waals surface area contributed by atoms with Gasteiger partial charge in [0.25, 0.3) is 0 Å². The first kappa shape index (κ1) is 12.0. The van der Waals surface area contributed by atoms with E-state index in [1.807, 2.05) is 0 Å². The van der Waals surface area contributed by atoms with Crippen LogP contribution in [0.1, 0.15) is 12.8 Å². The molecule has 1 N–H and O–H groups in total. The van der Waals surface area contributed by atoms with Crippen molar-refractivity contribution in [2.45, 2.75) is 18.9 Å². The maximum absolute atomic E-state index is 13.7. The highest BCUT2D eigenvalue weighted by Gasteiger charge is 2.38. The number of carbonyl (C=O) groups excluding carboxylic acids is 1. The third kappa shape index (κ3) is 2.17. The third-order valence-corrected chi connectivity index (χ3v) is 3.16. The summed E-state index contributed by atoms with van der Waals surface area (Å²) in [7, 11) is 0. The minimum Gasteiger partial charge on any atom is -0.480 e. The number of carboxylic acids is 1. The maximum atomic E-state index is 13.7. The van der Waals surface area contributed by atoms with Crippen LogP contribution < -0.4 is 4.90 Å². The van der Waals surface area contributed by atoms with Crippen molar-refractivity contribution in [1.29, 1.82) is 0 Å². The van der Waals surface area contributed by atoms with E-state index >= 15 is 0 Å². The van der Waals surface area contributed by atoms with Gasteiger partial charge in [-0.3, -0.25) is 9.69 Å². The molecule has 1 heterocycles. The van der Waals surface area contributed by atoms with Gasteiger partial charge in [-0.1, -0.05) is 15.9 Å². The quantitative estimate of drug-likeness (QED) is 0.911. The molecule has 2 rings (SSSR count). The Labute approximate surface area is 105 Å². The third-order valence-electron chi connectivity index (χ3n) is 2.67. The van der Waals surface area contributed by atoms with Crippen LogP contribution in [0.15, 0.2) is 22.7 Å². The number of hydrogen-bond donors (Lipinski definition) is 1. The van der Waals surface area contributed by atoms with Crippen molar-refractivity contribution >= 4 is 33.5 Å². The summed E-state index contributed by atoms with van der Waals surface area (Å²) in [6.07, 6.45) is 0.343. The molecule has 1 saturated heterocycles. The first-order chi connectivity index (χ1) is 8.00. The zero-order valence-electron chi connectivity index (χ0n) is 8.69. The summed E-state index contributed by atoms with van der Waals surface area (Å²) in [6, 6.07) is 3.21. The lowest BCUT2D eigenvalue weighted by Crippen LogP contribution is -2.39. The second kappa shape index (κ2) is 4.44. The summed E-state index contributed by atoms with van der Waals surface area (Å²) in [5, 5.41) is 8.98. The fourth-order valence-corrected chi connectivity index (χ4v) is 2.23.